The molecular weight excluding hydrogens is 477 g/mol. The summed E-state index contributed by atoms with van der Waals surface area (Å²) in [5.74, 6) is -0.0183. The van der Waals surface area contributed by atoms with Gasteiger partial charge in [-0.15, -0.1) is 0 Å². The number of ether oxygens (including phenoxy) is 2. The molecule has 3 aromatic rings. The van der Waals surface area contributed by atoms with Gasteiger partial charge in [-0.05, 0) is 43.2 Å². The third-order valence-electron chi connectivity index (χ3n) is 5.81. The highest BCUT2D eigenvalue weighted by Crippen LogP contribution is 2.41. The number of nitrogens with one attached hydrogen (secondary N) is 2. The van der Waals surface area contributed by atoms with Gasteiger partial charge >= 0.3 is 12.0 Å². The monoisotopic (exact) mass is 505 g/mol. The number of methoxy groups -OCH3 is 2. The molecule has 0 aliphatic rings. The number of nitrogens with zero attached hydrogens (tertiary/aromatic N) is 1. The van der Waals surface area contributed by atoms with Crippen LogP contribution < -0.4 is 10.1 Å². The molecule has 2 amide bonds. The molecule has 0 radical (unpaired) electrons. The largest absolute Gasteiger partial charge is 0.496 e. The van der Waals surface area contributed by atoms with Gasteiger partial charge in [0.25, 0.3) is 0 Å². The highest BCUT2D eigenvalue weighted by atomic mass is 35.5. The molecule has 2 unspecified atom stereocenters. The number of hydrogen-bond donors (Lipinski definition) is 2. The van der Waals surface area contributed by atoms with Crippen LogP contribution in [0.25, 0.3) is 10.9 Å². The molecule has 9 heteroatoms. The molecule has 0 fully saturated rings. The van der Waals surface area contributed by atoms with Crippen LogP contribution in [0, 0.1) is 0 Å². The van der Waals surface area contributed by atoms with Gasteiger partial charge in [-0.25, -0.2) is 9.59 Å². The minimum absolute atomic E-state index is 0.119. The van der Waals surface area contributed by atoms with E-state index in [4.69, 9.17) is 32.7 Å². The first-order valence-electron chi connectivity index (χ1n) is 10.8. The number of benzene rings is 2. The van der Waals surface area contributed by atoms with Crippen LogP contribution in [-0.4, -0.2) is 56.2 Å². The van der Waals surface area contributed by atoms with Crippen molar-refractivity contribution in [3.05, 3.63) is 62.8 Å². The molecule has 0 aliphatic carbocycles. The zero-order valence-corrected chi connectivity index (χ0v) is 21.6. The van der Waals surface area contributed by atoms with Gasteiger partial charge in [-0.1, -0.05) is 36.2 Å². The maximum Gasteiger partial charge on any atom is 0.337 e. The summed E-state index contributed by atoms with van der Waals surface area (Å²) in [7, 11) is 6.29. The predicted octanol–water partition coefficient (Wildman–Crippen LogP) is 5.62. The number of aromatic amines is 1. The minimum Gasteiger partial charge on any atom is -0.496 e. The molecular formula is C25H29Cl2N3O4. The standard InChI is InChI=1S/C25H29Cl2N3O4/c1-13(28-25(32)30(3)4)9-16-10-18-20(12-19(16)26)29-23(27)22(18)14(2)17-8-7-15(24(31)34-6)11-21(17)33-5/h7-8,10-14,29H,9H2,1-6H3,(H,28,32). The fourth-order valence-electron chi connectivity index (χ4n) is 4.02. The van der Waals surface area contributed by atoms with Crippen molar-refractivity contribution in [2.45, 2.75) is 32.2 Å². The summed E-state index contributed by atoms with van der Waals surface area (Å²) < 4.78 is 10.4. The van der Waals surface area contributed by atoms with Crippen molar-refractivity contribution >= 4 is 46.1 Å². The van der Waals surface area contributed by atoms with E-state index >= 15 is 0 Å². The molecule has 7 nitrogen and oxygen atoms in total. The molecule has 0 saturated carbocycles. The Morgan fingerprint density at radius 1 is 1.12 bits per heavy atom. The Bertz CT molecular complexity index is 1220. The first-order chi connectivity index (χ1) is 16.1. The van der Waals surface area contributed by atoms with Gasteiger partial charge in [0.15, 0.2) is 0 Å². The van der Waals surface area contributed by atoms with Crippen LogP contribution in [0.2, 0.25) is 10.2 Å². The van der Waals surface area contributed by atoms with E-state index in [1.807, 2.05) is 32.0 Å². The second-order valence-electron chi connectivity index (χ2n) is 8.46. The third-order valence-corrected chi connectivity index (χ3v) is 6.46. The van der Waals surface area contributed by atoms with Gasteiger partial charge in [-0.2, -0.15) is 0 Å². The second kappa shape index (κ2) is 10.6. The number of carbonyl (C=O) groups excluding carboxylic acids is 2. The molecule has 3 rings (SSSR count). The summed E-state index contributed by atoms with van der Waals surface area (Å²) >= 11 is 13.2. The first-order valence-corrected chi connectivity index (χ1v) is 11.6. The van der Waals surface area contributed by atoms with Crippen molar-refractivity contribution in [3.8, 4) is 5.75 Å². The Hall–Kier alpha value is -2.90. The molecule has 2 N–H and O–H groups in total. The molecule has 2 aromatic carbocycles. The zero-order chi connectivity index (χ0) is 25.2. The molecule has 34 heavy (non-hydrogen) atoms. The average molecular weight is 506 g/mol. The highest BCUT2D eigenvalue weighted by Gasteiger charge is 2.23. The number of aromatic nitrogens is 1. The van der Waals surface area contributed by atoms with Gasteiger partial charge in [0, 0.05) is 53.1 Å². The molecule has 0 bridgehead atoms. The van der Waals surface area contributed by atoms with Crippen molar-refractivity contribution in [3.63, 3.8) is 0 Å². The van der Waals surface area contributed by atoms with Crippen molar-refractivity contribution in [2.24, 2.45) is 0 Å². The molecule has 0 saturated heterocycles. The van der Waals surface area contributed by atoms with Crippen LogP contribution in [0.3, 0.4) is 0 Å². The maximum absolute atomic E-state index is 12.0. The molecule has 0 aliphatic heterocycles. The van der Waals surface area contributed by atoms with Crippen LogP contribution in [0.15, 0.2) is 30.3 Å². The molecule has 182 valence electrons. The fraction of sp³-hybridized carbons (Fsp3) is 0.360. The minimum atomic E-state index is -0.433. The van der Waals surface area contributed by atoms with Crippen LogP contribution in [-0.2, 0) is 11.2 Å². The van der Waals surface area contributed by atoms with Crippen molar-refractivity contribution in [2.75, 3.05) is 28.3 Å². The molecule has 0 spiro atoms. The summed E-state index contributed by atoms with van der Waals surface area (Å²) in [6, 6.07) is 8.81. The van der Waals surface area contributed by atoms with Crippen LogP contribution >= 0.6 is 23.2 Å². The second-order valence-corrected chi connectivity index (χ2v) is 9.25. The highest BCUT2D eigenvalue weighted by molar-refractivity contribution is 6.33. The average Bonchev–Trinajstić information content (AvgIpc) is 3.11. The van der Waals surface area contributed by atoms with Gasteiger partial charge < -0.3 is 24.7 Å². The number of carbonyl (C=O) groups is 2. The van der Waals surface area contributed by atoms with Crippen LogP contribution in [0.1, 0.15) is 46.8 Å². The summed E-state index contributed by atoms with van der Waals surface area (Å²) in [5.41, 5.74) is 3.89. The Labute approximate surface area is 209 Å². The van der Waals surface area contributed by atoms with E-state index in [1.165, 1.54) is 12.0 Å². The number of hydrogen-bond acceptors (Lipinski definition) is 4. The SMILES string of the molecule is COC(=O)c1ccc(C(C)c2c(Cl)[nH]c3cc(Cl)c(CC(C)NC(=O)N(C)C)cc23)c(OC)c1. The van der Waals surface area contributed by atoms with Crippen molar-refractivity contribution in [1.29, 1.82) is 0 Å². The Morgan fingerprint density at radius 2 is 1.82 bits per heavy atom. The number of amides is 2. The van der Waals surface area contributed by atoms with Gasteiger partial charge in [-0.3, -0.25) is 0 Å². The lowest BCUT2D eigenvalue weighted by Gasteiger charge is -2.19. The van der Waals surface area contributed by atoms with Crippen molar-refractivity contribution in [1.82, 2.24) is 15.2 Å². The van der Waals surface area contributed by atoms with Gasteiger partial charge in [0.05, 0.1) is 19.8 Å². The lowest BCUT2D eigenvalue weighted by Crippen LogP contribution is -2.40. The lowest BCUT2D eigenvalue weighted by atomic mass is 9.90. The summed E-state index contributed by atoms with van der Waals surface area (Å²) in [6.45, 7) is 3.96. The normalized spacial score (nSPS) is 12.8. The van der Waals surface area contributed by atoms with E-state index in [0.717, 1.165) is 27.6 Å². The molecule has 2 atom stereocenters. The number of fused-ring (bicyclic) bond motifs is 1. The fourth-order valence-corrected chi connectivity index (χ4v) is 4.63. The van der Waals surface area contributed by atoms with E-state index < -0.39 is 5.97 Å². The number of urea groups is 1. The van der Waals surface area contributed by atoms with Crippen LogP contribution in [0.5, 0.6) is 5.75 Å². The number of halogens is 2. The topological polar surface area (TPSA) is 83.7 Å². The number of esters is 1. The van der Waals surface area contributed by atoms with E-state index in [2.05, 4.69) is 10.3 Å². The Kier molecular flexibility index (Phi) is 8.00. The lowest BCUT2D eigenvalue weighted by molar-refractivity contribution is 0.0600. The first kappa shape index (κ1) is 25.7. The molecule has 1 aromatic heterocycles. The third kappa shape index (κ3) is 5.26. The summed E-state index contributed by atoms with van der Waals surface area (Å²) in [4.78, 5) is 28.6. The molecule has 1 heterocycles. The zero-order valence-electron chi connectivity index (χ0n) is 20.1. The van der Waals surface area contributed by atoms with E-state index in [1.54, 1.807) is 33.3 Å². The predicted molar refractivity (Wildman–Crippen MR) is 136 cm³/mol. The quantitative estimate of drug-likeness (QED) is 0.408. The number of H-pyrrole nitrogens is 1. The van der Waals surface area contributed by atoms with E-state index in [-0.39, 0.29) is 18.0 Å². The van der Waals surface area contributed by atoms with Crippen LogP contribution in [0.4, 0.5) is 4.79 Å². The van der Waals surface area contributed by atoms with Gasteiger partial charge in [0.2, 0.25) is 0 Å². The number of rotatable bonds is 7. The summed E-state index contributed by atoms with van der Waals surface area (Å²) in [5, 5.41) is 4.98. The smallest absolute Gasteiger partial charge is 0.337 e. The Balaban J connectivity index is 2.01. The van der Waals surface area contributed by atoms with Crippen molar-refractivity contribution < 1.29 is 19.1 Å². The summed E-state index contributed by atoms with van der Waals surface area (Å²) in [6.07, 6.45) is 0.558. The van der Waals surface area contributed by atoms with Gasteiger partial charge in [0.1, 0.15) is 10.9 Å². The van der Waals surface area contributed by atoms with E-state index in [0.29, 0.717) is 27.9 Å². The maximum atomic E-state index is 12.0. The Morgan fingerprint density at radius 3 is 2.44 bits per heavy atom. The van der Waals surface area contributed by atoms with E-state index in [9.17, 15) is 9.59 Å².